The summed E-state index contributed by atoms with van der Waals surface area (Å²) in [7, 11) is 0. The van der Waals surface area contributed by atoms with Crippen molar-refractivity contribution in [3.63, 3.8) is 0 Å². The van der Waals surface area contributed by atoms with Crippen LogP contribution < -0.4 is 0 Å². The standard InChI is InChI=1S/C6H14N2O/c1-3-5-8(7-9)6-4-2/h3-6H2,1-2H3/i1D3,3D2,5D2. The fourth-order valence-corrected chi connectivity index (χ4v) is 0.393. The Kier molecular flexibility index (Phi) is 1.36. The fourth-order valence-electron chi connectivity index (χ4n) is 0.393. The molecule has 0 aromatic heterocycles. The van der Waals surface area contributed by atoms with Crippen molar-refractivity contribution in [1.82, 2.24) is 5.01 Å². The number of nitrogens with zero attached hydrogens (tertiary/aromatic N) is 2. The first-order valence-corrected chi connectivity index (χ1v) is 2.63. The van der Waals surface area contributed by atoms with E-state index in [-0.39, 0.29) is 6.54 Å². The molecule has 0 aliphatic rings. The minimum Gasteiger partial charge on any atom is -0.261 e. The molecule has 3 nitrogen and oxygen atoms in total. The molecule has 0 radical (unpaired) electrons. The van der Waals surface area contributed by atoms with E-state index >= 15 is 0 Å². The first kappa shape index (κ1) is 2.22. The van der Waals surface area contributed by atoms with Crippen LogP contribution in [-0.2, 0) is 0 Å². The Morgan fingerprint density at radius 3 is 3.11 bits per heavy atom. The van der Waals surface area contributed by atoms with Crippen molar-refractivity contribution < 1.29 is 9.60 Å². The van der Waals surface area contributed by atoms with Crippen LogP contribution in [0.4, 0.5) is 0 Å². The second kappa shape index (κ2) is 5.54. The largest absolute Gasteiger partial charge is 0.261 e. The lowest BCUT2D eigenvalue weighted by Gasteiger charge is -2.11. The molecule has 0 bridgehead atoms. The van der Waals surface area contributed by atoms with Gasteiger partial charge in [-0.05, 0) is 12.8 Å². The Morgan fingerprint density at radius 1 is 1.89 bits per heavy atom. The summed E-state index contributed by atoms with van der Waals surface area (Å²) in [5, 5.41) is 2.64. The molecule has 0 saturated heterocycles. The van der Waals surface area contributed by atoms with Gasteiger partial charge in [-0.25, -0.2) is 0 Å². The molecule has 0 atom stereocenters. The molecule has 0 heterocycles. The Bertz CT molecular complexity index is 252. The monoisotopic (exact) mass is 137 g/mol. The molecule has 0 amide bonds. The molecule has 0 N–H and O–H groups in total. The maximum Gasteiger partial charge on any atom is 0.0523 e. The van der Waals surface area contributed by atoms with Crippen LogP contribution in [0.5, 0.6) is 0 Å². The highest BCUT2D eigenvalue weighted by molar-refractivity contribution is 4.46. The SMILES string of the molecule is [2H]C([2H])([2H])C([2H])([2H])C([2H])([2H])N(CCC)N=O. The predicted molar refractivity (Wildman–Crippen MR) is 38.0 cm³/mol. The second-order valence-electron chi connectivity index (χ2n) is 1.44. The first-order valence-electron chi connectivity index (χ1n) is 6.13. The van der Waals surface area contributed by atoms with Gasteiger partial charge in [0.25, 0.3) is 0 Å². The van der Waals surface area contributed by atoms with Crippen LogP contribution >= 0.6 is 0 Å². The molecule has 3 heteroatoms. The van der Waals surface area contributed by atoms with Crippen molar-refractivity contribution in [1.29, 1.82) is 0 Å². The van der Waals surface area contributed by atoms with Gasteiger partial charge in [0.1, 0.15) is 0 Å². The summed E-state index contributed by atoms with van der Waals surface area (Å²) in [6.07, 6.45) is -2.83. The second-order valence-corrected chi connectivity index (χ2v) is 1.44. The van der Waals surface area contributed by atoms with Crippen LogP contribution in [0.2, 0.25) is 0 Å². The van der Waals surface area contributed by atoms with Gasteiger partial charge in [0.2, 0.25) is 0 Å². The van der Waals surface area contributed by atoms with E-state index in [1.165, 1.54) is 0 Å². The van der Waals surface area contributed by atoms with E-state index in [0.717, 1.165) is 0 Å². The molecule has 0 saturated carbocycles. The van der Waals surface area contributed by atoms with Crippen molar-refractivity contribution in [3.8, 4) is 0 Å². The molecule has 9 heavy (non-hydrogen) atoms. The first-order chi connectivity index (χ1) is 7.02. The van der Waals surface area contributed by atoms with Crippen molar-refractivity contribution >= 4 is 0 Å². The Labute approximate surface area is 65.8 Å². The van der Waals surface area contributed by atoms with Crippen molar-refractivity contribution in [2.75, 3.05) is 13.0 Å². The molecule has 0 aliphatic heterocycles. The number of nitroso groups, excluding NO2 is 1. The zero-order valence-corrected chi connectivity index (χ0v) is 5.22. The molecular weight excluding hydrogens is 116 g/mol. The number of hydrogen-bond acceptors (Lipinski definition) is 2. The molecule has 54 valence electrons. The Balaban J connectivity index is 5.23. The van der Waals surface area contributed by atoms with Gasteiger partial charge in [-0.1, -0.05) is 13.8 Å². The molecule has 0 fully saturated rings. The summed E-state index contributed by atoms with van der Waals surface area (Å²) in [4.78, 5) is 10.4. The zero-order chi connectivity index (χ0) is 13.2. The van der Waals surface area contributed by atoms with Crippen molar-refractivity contribution in [3.05, 3.63) is 4.91 Å². The topological polar surface area (TPSA) is 32.7 Å². The van der Waals surface area contributed by atoms with Gasteiger partial charge in [0.05, 0.1) is 8.03 Å². The van der Waals surface area contributed by atoms with Gasteiger partial charge in [-0.3, -0.25) is 5.01 Å². The molecule has 0 spiro atoms. The number of hydrogen-bond donors (Lipinski definition) is 0. The smallest absolute Gasteiger partial charge is 0.0523 e. The molecule has 0 rings (SSSR count). The Morgan fingerprint density at radius 2 is 2.67 bits per heavy atom. The lowest BCUT2D eigenvalue weighted by molar-refractivity contribution is 0.285. The van der Waals surface area contributed by atoms with Crippen molar-refractivity contribution in [2.24, 2.45) is 5.29 Å². The average molecular weight is 137 g/mol. The van der Waals surface area contributed by atoms with E-state index in [2.05, 4.69) is 5.29 Å². The normalized spacial score (nSPS) is 25.2. The van der Waals surface area contributed by atoms with E-state index in [1.54, 1.807) is 6.92 Å². The van der Waals surface area contributed by atoms with Gasteiger partial charge >= 0.3 is 0 Å². The third kappa shape index (κ3) is 3.94. The third-order valence-electron chi connectivity index (χ3n) is 0.719. The van der Waals surface area contributed by atoms with Crippen LogP contribution in [0.1, 0.15) is 36.2 Å². The quantitative estimate of drug-likeness (QED) is 0.427. The Hall–Kier alpha value is -0.600. The van der Waals surface area contributed by atoms with Crippen LogP contribution in [-0.4, -0.2) is 18.1 Å². The molecule has 0 aliphatic carbocycles. The molecule has 0 aromatic rings. The van der Waals surface area contributed by atoms with Crippen LogP contribution in [0, 0.1) is 4.91 Å². The highest BCUT2D eigenvalue weighted by Gasteiger charge is 1.96. The maximum absolute atomic E-state index is 10.4. The van der Waals surface area contributed by atoms with Crippen LogP contribution in [0.3, 0.4) is 0 Å². The molecular formula is C6H14N2O. The third-order valence-corrected chi connectivity index (χ3v) is 0.719. The van der Waals surface area contributed by atoms with Gasteiger partial charge in [-0.15, -0.1) is 4.91 Å². The van der Waals surface area contributed by atoms with Crippen molar-refractivity contribution in [2.45, 2.75) is 26.6 Å². The minimum atomic E-state index is -3.18. The van der Waals surface area contributed by atoms with Gasteiger partial charge in [0.15, 0.2) is 0 Å². The highest BCUT2D eigenvalue weighted by atomic mass is 16.3. The summed E-state index contributed by atoms with van der Waals surface area (Å²) >= 11 is 0. The summed E-state index contributed by atoms with van der Waals surface area (Å²) in [5.41, 5.74) is 0. The van der Waals surface area contributed by atoms with E-state index in [0.29, 0.717) is 11.4 Å². The molecule has 0 aromatic carbocycles. The van der Waals surface area contributed by atoms with E-state index < -0.39 is 19.7 Å². The van der Waals surface area contributed by atoms with E-state index in [4.69, 9.17) is 9.60 Å². The lowest BCUT2D eigenvalue weighted by Crippen LogP contribution is -2.17. The number of rotatable bonds is 5. The fraction of sp³-hybridized carbons (Fsp3) is 1.00. The lowest BCUT2D eigenvalue weighted by atomic mass is 10.4. The average Bonchev–Trinajstić information content (AvgIpc) is 2.11. The highest BCUT2D eigenvalue weighted by Crippen LogP contribution is 1.92. The van der Waals surface area contributed by atoms with Gasteiger partial charge in [-0.2, -0.15) is 0 Å². The minimum absolute atomic E-state index is 0.147. The molecule has 0 unspecified atom stereocenters. The van der Waals surface area contributed by atoms with Crippen LogP contribution in [0.15, 0.2) is 5.29 Å². The van der Waals surface area contributed by atoms with E-state index in [1.807, 2.05) is 0 Å². The van der Waals surface area contributed by atoms with Gasteiger partial charge < -0.3 is 0 Å². The summed E-state index contributed by atoms with van der Waals surface area (Å²) in [6, 6.07) is 0. The summed E-state index contributed by atoms with van der Waals surface area (Å²) in [5.74, 6) is 0. The summed E-state index contributed by atoms with van der Waals surface area (Å²) < 4.78 is 50.2. The van der Waals surface area contributed by atoms with Crippen LogP contribution in [0.25, 0.3) is 0 Å². The van der Waals surface area contributed by atoms with Gasteiger partial charge in [0, 0.05) is 19.9 Å². The predicted octanol–water partition coefficient (Wildman–Crippen LogP) is 1.79. The zero-order valence-electron chi connectivity index (χ0n) is 12.2. The summed E-state index contributed by atoms with van der Waals surface area (Å²) in [6.45, 7) is -4.66. The van der Waals surface area contributed by atoms with E-state index in [9.17, 15) is 4.91 Å². The maximum atomic E-state index is 10.4.